The van der Waals surface area contributed by atoms with Gasteiger partial charge in [0.25, 0.3) is 5.91 Å². The zero-order valence-electron chi connectivity index (χ0n) is 19.2. The number of para-hydroxylation sites is 1. The predicted molar refractivity (Wildman–Crippen MR) is 136 cm³/mol. The van der Waals surface area contributed by atoms with Gasteiger partial charge in [0.15, 0.2) is 0 Å². The van der Waals surface area contributed by atoms with E-state index in [9.17, 15) is 4.79 Å². The standard InChI is InChI=1S/C28H27N5O/c1-19-9-11-23(33(19)24-8-5-13-29-17-24)15-26-25-14-20(10-12-27(25)31-28(26)34)21-16-30-32(18-21)22-6-3-2-4-7-22/h2-4,6-7,9-12,14-16,18,24,29H,5,8,13,17H2,1H3,(H,31,34). The van der Waals surface area contributed by atoms with Crippen molar-refractivity contribution in [2.75, 3.05) is 18.4 Å². The number of carbonyl (C=O) groups is 1. The van der Waals surface area contributed by atoms with Gasteiger partial charge in [-0.3, -0.25) is 4.79 Å². The lowest BCUT2D eigenvalue weighted by molar-refractivity contribution is -0.110. The maximum absolute atomic E-state index is 12.9. The Balaban J connectivity index is 1.37. The summed E-state index contributed by atoms with van der Waals surface area (Å²) in [5, 5.41) is 11.1. The average molecular weight is 450 g/mol. The second kappa shape index (κ2) is 8.47. The van der Waals surface area contributed by atoms with E-state index in [0.717, 1.165) is 53.3 Å². The van der Waals surface area contributed by atoms with Crippen LogP contribution in [0.2, 0.25) is 0 Å². The molecule has 0 radical (unpaired) electrons. The van der Waals surface area contributed by atoms with Gasteiger partial charge in [-0.25, -0.2) is 4.68 Å². The number of benzene rings is 2. The number of nitrogens with zero attached hydrogens (tertiary/aromatic N) is 3. The van der Waals surface area contributed by atoms with Gasteiger partial charge in [-0.15, -0.1) is 0 Å². The quantitative estimate of drug-likeness (QED) is 0.428. The third kappa shape index (κ3) is 3.66. The molecule has 0 bridgehead atoms. The summed E-state index contributed by atoms with van der Waals surface area (Å²) in [6.45, 7) is 4.18. The van der Waals surface area contributed by atoms with E-state index in [1.807, 2.05) is 65.6 Å². The number of amides is 1. The van der Waals surface area contributed by atoms with Crippen molar-refractivity contribution in [1.82, 2.24) is 19.7 Å². The summed E-state index contributed by atoms with van der Waals surface area (Å²) in [7, 11) is 0. The van der Waals surface area contributed by atoms with Crippen LogP contribution >= 0.6 is 0 Å². The molecule has 2 aromatic heterocycles. The first-order valence-electron chi connectivity index (χ1n) is 11.8. The fourth-order valence-corrected chi connectivity index (χ4v) is 5.09. The van der Waals surface area contributed by atoms with Crippen molar-refractivity contribution >= 4 is 23.2 Å². The lowest BCUT2D eigenvalue weighted by Crippen LogP contribution is -2.32. The summed E-state index contributed by atoms with van der Waals surface area (Å²) in [6.07, 6.45) is 8.25. The van der Waals surface area contributed by atoms with Crippen LogP contribution in [0.5, 0.6) is 0 Å². The highest BCUT2D eigenvalue weighted by Crippen LogP contribution is 2.37. The third-order valence-corrected chi connectivity index (χ3v) is 6.82. The Kier molecular flexibility index (Phi) is 5.15. The van der Waals surface area contributed by atoms with Crippen molar-refractivity contribution in [1.29, 1.82) is 0 Å². The molecule has 1 fully saturated rings. The molecule has 4 aromatic rings. The molecule has 2 aromatic carbocycles. The van der Waals surface area contributed by atoms with Gasteiger partial charge in [0, 0.05) is 47.0 Å². The summed E-state index contributed by atoms with van der Waals surface area (Å²) in [5.41, 5.74) is 7.85. The molecular weight excluding hydrogens is 422 g/mol. The first-order valence-corrected chi connectivity index (χ1v) is 11.8. The number of hydrogen-bond acceptors (Lipinski definition) is 3. The van der Waals surface area contributed by atoms with Crippen molar-refractivity contribution in [3.8, 4) is 16.8 Å². The SMILES string of the molecule is Cc1ccc(C=C2C(=O)Nc3ccc(-c4cnn(-c5ccccc5)c4)cc32)n1C1CCCNC1. The molecule has 0 spiro atoms. The summed E-state index contributed by atoms with van der Waals surface area (Å²) in [4.78, 5) is 12.9. The monoisotopic (exact) mass is 449 g/mol. The van der Waals surface area contributed by atoms with E-state index in [1.165, 1.54) is 12.1 Å². The fourth-order valence-electron chi connectivity index (χ4n) is 5.09. The van der Waals surface area contributed by atoms with Crippen molar-refractivity contribution < 1.29 is 4.79 Å². The van der Waals surface area contributed by atoms with Crippen LogP contribution in [0.15, 0.2) is 73.1 Å². The highest BCUT2D eigenvalue weighted by molar-refractivity contribution is 6.35. The summed E-state index contributed by atoms with van der Waals surface area (Å²) < 4.78 is 4.24. The van der Waals surface area contributed by atoms with Crippen LogP contribution in [-0.4, -0.2) is 33.3 Å². The zero-order valence-corrected chi connectivity index (χ0v) is 19.2. The molecule has 2 aliphatic rings. The number of fused-ring (bicyclic) bond motifs is 1. The molecule has 6 heteroatoms. The molecule has 34 heavy (non-hydrogen) atoms. The van der Waals surface area contributed by atoms with Gasteiger partial charge in [0.05, 0.1) is 17.5 Å². The molecule has 1 saturated heterocycles. The lowest BCUT2D eigenvalue weighted by Gasteiger charge is -2.27. The molecule has 1 amide bonds. The van der Waals surface area contributed by atoms with Gasteiger partial charge < -0.3 is 15.2 Å². The Bertz CT molecular complexity index is 1390. The first kappa shape index (κ1) is 20.7. The van der Waals surface area contributed by atoms with Crippen LogP contribution in [0.25, 0.3) is 28.5 Å². The largest absolute Gasteiger partial charge is 0.341 e. The number of aromatic nitrogens is 3. The van der Waals surface area contributed by atoms with Gasteiger partial charge in [-0.2, -0.15) is 5.10 Å². The Labute approximate surface area is 198 Å². The molecule has 1 atom stereocenters. The number of nitrogens with one attached hydrogen (secondary N) is 2. The van der Waals surface area contributed by atoms with Gasteiger partial charge in [0.2, 0.25) is 0 Å². The fraction of sp³-hybridized carbons (Fsp3) is 0.214. The summed E-state index contributed by atoms with van der Waals surface area (Å²) in [6, 6.07) is 20.8. The molecule has 4 heterocycles. The maximum Gasteiger partial charge on any atom is 0.256 e. The molecule has 0 saturated carbocycles. The van der Waals surface area contributed by atoms with Crippen LogP contribution in [0.3, 0.4) is 0 Å². The molecule has 2 N–H and O–H groups in total. The smallest absolute Gasteiger partial charge is 0.256 e. The average Bonchev–Trinajstić information content (AvgIpc) is 3.58. The van der Waals surface area contributed by atoms with E-state index >= 15 is 0 Å². The van der Waals surface area contributed by atoms with Crippen molar-refractivity contribution in [3.05, 3.63) is 90.0 Å². The Morgan fingerprint density at radius 2 is 1.94 bits per heavy atom. The predicted octanol–water partition coefficient (Wildman–Crippen LogP) is 5.07. The molecular formula is C28H27N5O. The van der Waals surface area contributed by atoms with E-state index in [2.05, 4.69) is 45.4 Å². The van der Waals surface area contributed by atoms with Gasteiger partial charge in [-0.1, -0.05) is 24.3 Å². The molecule has 2 aliphatic heterocycles. The number of hydrogen-bond donors (Lipinski definition) is 2. The lowest BCUT2D eigenvalue weighted by atomic mass is 10.0. The minimum atomic E-state index is -0.0562. The zero-order chi connectivity index (χ0) is 23.1. The van der Waals surface area contributed by atoms with Crippen LogP contribution in [0, 0.1) is 6.92 Å². The number of aryl methyl sites for hydroxylation is 1. The molecule has 6 nitrogen and oxygen atoms in total. The Hall–Kier alpha value is -3.90. The molecule has 1 unspecified atom stereocenters. The minimum absolute atomic E-state index is 0.0562. The van der Waals surface area contributed by atoms with Crippen LogP contribution < -0.4 is 10.6 Å². The van der Waals surface area contributed by atoms with E-state index < -0.39 is 0 Å². The van der Waals surface area contributed by atoms with Gasteiger partial charge in [0.1, 0.15) is 0 Å². The van der Waals surface area contributed by atoms with Crippen molar-refractivity contribution in [2.24, 2.45) is 0 Å². The third-order valence-electron chi connectivity index (χ3n) is 6.82. The van der Waals surface area contributed by atoms with Crippen LogP contribution in [-0.2, 0) is 4.79 Å². The van der Waals surface area contributed by atoms with E-state index in [1.54, 1.807) is 0 Å². The van der Waals surface area contributed by atoms with Crippen molar-refractivity contribution in [3.63, 3.8) is 0 Å². The second-order valence-corrected chi connectivity index (χ2v) is 9.05. The van der Waals surface area contributed by atoms with Gasteiger partial charge in [-0.05, 0) is 74.3 Å². The number of rotatable bonds is 4. The Morgan fingerprint density at radius 1 is 1.06 bits per heavy atom. The van der Waals surface area contributed by atoms with E-state index in [0.29, 0.717) is 11.6 Å². The normalized spacial score (nSPS) is 18.8. The minimum Gasteiger partial charge on any atom is -0.341 e. The van der Waals surface area contributed by atoms with Crippen LogP contribution in [0.1, 0.15) is 35.8 Å². The van der Waals surface area contributed by atoms with Crippen LogP contribution in [0.4, 0.5) is 5.69 Å². The maximum atomic E-state index is 12.9. The number of piperidine rings is 1. The number of anilines is 1. The highest BCUT2D eigenvalue weighted by atomic mass is 16.2. The highest BCUT2D eigenvalue weighted by Gasteiger charge is 2.26. The second-order valence-electron chi connectivity index (χ2n) is 9.05. The van der Waals surface area contributed by atoms with Gasteiger partial charge >= 0.3 is 0 Å². The van der Waals surface area contributed by atoms with E-state index in [-0.39, 0.29) is 5.91 Å². The van der Waals surface area contributed by atoms with Crippen molar-refractivity contribution in [2.45, 2.75) is 25.8 Å². The molecule has 170 valence electrons. The summed E-state index contributed by atoms with van der Waals surface area (Å²) in [5.74, 6) is -0.0562. The Morgan fingerprint density at radius 3 is 2.76 bits per heavy atom. The molecule has 0 aliphatic carbocycles. The first-order chi connectivity index (χ1) is 16.7. The number of carbonyl (C=O) groups excluding carboxylic acids is 1. The summed E-state index contributed by atoms with van der Waals surface area (Å²) >= 11 is 0. The van der Waals surface area contributed by atoms with E-state index in [4.69, 9.17) is 0 Å². The molecule has 6 rings (SSSR count). The topological polar surface area (TPSA) is 63.9 Å².